The third kappa shape index (κ3) is 5.64. The van der Waals surface area contributed by atoms with Gasteiger partial charge in [0.15, 0.2) is 0 Å². The zero-order valence-electron chi connectivity index (χ0n) is 18.7. The molecule has 178 valence electrons. The number of ether oxygens (including phenoxy) is 1. The van der Waals surface area contributed by atoms with Crippen LogP contribution in [0.1, 0.15) is 47.4 Å². The molecule has 0 fully saturated rings. The summed E-state index contributed by atoms with van der Waals surface area (Å²) in [6, 6.07) is 12.5. The predicted molar refractivity (Wildman–Crippen MR) is 124 cm³/mol. The third-order valence-electron chi connectivity index (χ3n) is 5.53. The van der Waals surface area contributed by atoms with Gasteiger partial charge in [-0.05, 0) is 43.7 Å². The van der Waals surface area contributed by atoms with Crippen molar-refractivity contribution in [2.75, 3.05) is 6.61 Å². The zero-order valence-corrected chi connectivity index (χ0v) is 19.5. The summed E-state index contributed by atoms with van der Waals surface area (Å²) in [6.45, 7) is 4.24. The lowest BCUT2D eigenvalue weighted by atomic mass is 9.88. The van der Waals surface area contributed by atoms with E-state index in [1.807, 2.05) is 31.2 Å². The van der Waals surface area contributed by atoms with E-state index in [0.29, 0.717) is 42.4 Å². The summed E-state index contributed by atoms with van der Waals surface area (Å²) in [5.74, 6) is 0.646. The molecule has 1 aromatic heterocycles. The molecule has 0 bridgehead atoms. The second-order valence-corrected chi connectivity index (χ2v) is 9.17. The first-order valence-electron chi connectivity index (χ1n) is 10.8. The van der Waals surface area contributed by atoms with E-state index >= 15 is 0 Å². The molecule has 1 aliphatic heterocycles. The molecule has 4 rings (SSSR count). The number of aromatic nitrogens is 1. The number of Topliss-reactive ketones (excluding diaryl/α,β-unsaturated/α-hetero) is 1. The van der Waals surface area contributed by atoms with Crippen LogP contribution in [0, 0.1) is 6.92 Å². The van der Waals surface area contributed by atoms with Crippen LogP contribution in [0.5, 0.6) is 5.75 Å². The molecule has 9 heteroatoms. The predicted octanol–water partition coefficient (Wildman–Crippen LogP) is 6.56. The molecule has 1 aliphatic rings. The van der Waals surface area contributed by atoms with Crippen LogP contribution in [-0.4, -0.2) is 23.1 Å². The van der Waals surface area contributed by atoms with Crippen LogP contribution in [0.3, 0.4) is 0 Å². The molecule has 2 aromatic carbocycles. The fourth-order valence-corrected chi connectivity index (χ4v) is 4.69. The van der Waals surface area contributed by atoms with Crippen molar-refractivity contribution in [2.45, 2.75) is 45.4 Å². The molecule has 1 atom stereocenters. The molecule has 2 heterocycles. The van der Waals surface area contributed by atoms with Crippen molar-refractivity contribution in [2.24, 2.45) is 5.16 Å². The highest BCUT2D eigenvalue weighted by Crippen LogP contribution is 2.33. The summed E-state index contributed by atoms with van der Waals surface area (Å²) in [6.07, 6.45) is -3.28. The fraction of sp³-hybridized carbons (Fsp3) is 0.320. The van der Waals surface area contributed by atoms with Crippen molar-refractivity contribution in [3.05, 3.63) is 70.2 Å². The van der Waals surface area contributed by atoms with Crippen molar-refractivity contribution in [1.82, 2.24) is 4.98 Å². The lowest BCUT2D eigenvalue weighted by Crippen LogP contribution is -2.14. The molecule has 5 nitrogen and oxygen atoms in total. The monoisotopic (exact) mass is 488 g/mol. The molecule has 0 saturated heterocycles. The summed E-state index contributed by atoms with van der Waals surface area (Å²) in [4.78, 5) is 22.2. The van der Waals surface area contributed by atoms with E-state index in [4.69, 9.17) is 9.57 Å². The van der Waals surface area contributed by atoms with E-state index in [0.717, 1.165) is 34.0 Å². The van der Waals surface area contributed by atoms with Crippen LogP contribution >= 0.6 is 11.3 Å². The SMILES string of the molecule is CC(=O)C[C@H](C1=NOCC1)c1ccc(OCc2sc(-c3ccc(C(F)(F)F)cc3)nc2C)cc1. The fourth-order valence-electron chi connectivity index (χ4n) is 3.71. The second kappa shape index (κ2) is 9.97. The van der Waals surface area contributed by atoms with Crippen LogP contribution < -0.4 is 4.74 Å². The molecular formula is C25H23F3N2O3S. The lowest BCUT2D eigenvalue weighted by molar-refractivity contribution is -0.137. The van der Waals surface area contributed by atoms with E-state index in [1.165, 1.54) is 23.5 Å². The Morgan fingerprint density at radius 2 is 1.85 bits per heavy atom. The van der Waals surface area contributed by atoms with Gasteiger partial charge in [-0.3, -0.25) is 4.79 Å². The smallest absolute Gasteiger partial charge is 0.416 e. The Balaban J connectivity index is 1.43. The van der Waals surface area contributed by atoms with Crippen molar-refractivity contribution in [3.8, 4) is 16.3 Å². The highest BCUT2D eigenvalue weighted by molar-refractivity contribution is 7.15. The van der Waals surface area contributed by atoms with Gasteiger partial charge in [0.05, 0.1) is 21.8 Å². The van der Waals surface area contributed by atoms with Gasteiger partial charge < -0.3 is 9.57 Å². The maximum absolute atomic E-state index is 12.8. The number of halogens is 3. The maximum Gasteiger partial charge on any atom is 0.416 e. The summed E-state index contributed by atoms with van der Waals surface area (Å²) in [5, 5.41) is 4.73. The summed E-state index contributed by atoms with van der Waals surface area (Å²) in [7, 11) is 0. The number of aryl methyl sites for hydroxylation is 1. The number of ketones is 1. The Labute approximate surface area is 199 Å². The molecule has 0 aliphatic carbocycles. The van der Waals surface area contributed by atoms with Gasteiger partial charge >= 0.3 is 6.18 Å². The maximum atomic E-state index is 12.8. The molecule has 0 radical (unpaired) electrons. The van der Waals surface area contributed by atoms with E-state index in [2.05, 4.69) is 10.1 Å². The number of nitrogens with zero attached hydrogens (tertiary/aromatic N) is 2. The second-order valence-electron chi connectivity index (χ2n) is 8.08. The Bertz CT molecular complexity index is 1190. The van der Waals surface area contributed by atoms with Gasteiger partial charge in [0.1, 0.15) is 29.8 Å². The van der Waals surface area contributed by atoms with Crippen molar-refractivity contribution in [3.63, 3.8) is 0 Å². The molecular weight excluding hydrogens is 465 g/mol. The largest absolute Gasteiger partial charge is 0.488 e. The number of oxime groups is 1. The number of rotatable bonds is 8. The first kappa shape index (κ1) is 23.9. The Kier molecular flexibility index (Phi) is 7.02. The Morgan fingerprint density at radius 3 is 2.44 bits per heavy atom. The van der Waals surface area contributed by atoms with Crippen LogP contribution in [0.15, 0.2) is 53.7 Å². The number of benzene rings is 2. The zero-order chi connectivity index (χ0) is 24.3. The van der Waals surface area contributed by atoms with Gasteiger partial charge in [-0.2, -0.15) is 13.2 Å². The number of carbonyl (C=O) groups is 1. The lowest BCUT2D eigenvalue weighted by Gasteiger charge is -2.15. The van der Waals surface area contributed by atoms with Gasteiger partial charge in [0, 0.05) is 24.3 Å². The molecule has 34 heavy (non-hydrogen) atoms. The number of carbonyl (C=O) groups excluding carboxylic acids is 1. The van der Waals surface area contributed by atoms with Crippen LogP contribution in [0.4, 0.5) is 13.2 Å². The van der Waals surface area contributed by atoms with E-state index < -0.39 is 11.7 Å². The van der Waals surface area contributed by atoms with Gasteiger partial charge in [-0.15, -0.1) is 11.3 Å². The highest BCUT2D eigenvalue weighted by Gasteiger charge is 2.30. The minimum absolute atomic E-state index is 0.0875. The standard InChI is InChI=1S/C25H23F3N2O3S/c1-15(31)13-21(22-11-12-33-30-22)17-5-9-20(10-6-17)32-14-23-16(2)29-24(34-23)18-3-7-19(8-4-18)25(26,27)28/h3-10,21H,11-14H2,1-2H3/t21-/m0/s1. The minimum atomic E-state index is -4.36. The number of alkyl halides is 3. The van der Waals surface area contributed by atoms with Crippen LogP contribution in [0.2, 0.25) is 0 Å². The number of thiazole rings is 1. The number of hydrogen-bond donors (Lipinski definition) is 0. The molecule has 0 unspecified atom stereocenters. The van der Waals surface area contributed by atoms with Gasteiger partial charge in [0.2, 0.25) is 0 Å². The molecule has 0 N–H and O–H groups in total. The van der Waals surface area contributed by atoms with Crippen molar-refractivity contribution >= 4 is 22.8 Å². The number of hydrogen-bond acceptors (Lipinski definition) is 6. The van der Waals surface area contributed by atoms with E-state index in [-0.39, 0.29) is 11.7 Å². The van der Waals surface area contributed by atoms with Crippen molar-refractivity contribution in [1.29, 1.82) is 0 Å². The van der Waals surface area contributed by atoms with Crippen LogP contribution in [0.25, 0.3) is 10.6 Å². The summed E-state index contributed by atoms with van der Waals surface area (Å²) < 4.78 is 44.3. The first-order chi connectivity index (χ1) is 16.2. The average Bonchev–Trinajstić information content (AvgIpc) is 3.46. The Morgan fingerprint density at radius 1 is 1.15 bits per heavy atom. The van der Waals surface area contributed by atoms with E-state index in [1.54, 1.807) is 6.92 Å². The minimum Gasteiger partial charge on any atom is -0.488 e. The van der Waals surface area contributed by atoms with E-state index in [9.17, 15) is 18.0 Å². The van der Waals surface area contributed by atoms with Gasteiger partial charge in [-0.25, -0.2) is 4.98 Å². The summed E-state index contributed by atoms with van der Waals surface area (Å²) >= 11 is 1.39. The summed E-state index contributed by atoms with van der Waals surface area (Å²) in [5.41, 5.74) is 2.57. The van der Waals surface area contributed by atoms with Crippen molar-refractivity contribution < 1.29 is 27.5 Å². The third-order valence-corrected chi connectivity index (χ3v) is 6.71. The normalized spacial score (nSPS) is 14.4. The van der Waals surface area contributed by atoms with Gasteiger partial charge in [0.25, 0.3) is 0 Å². The Hall–Kier alpha value is -3.20. The molecule has 3 aromatic rings. The average molecular weight is 489 g/mol. The molecule has 0 spiro atoms. The first-order valence-corrected chi connectivity index (χ1v) is 11.6. The molecule has 0 amide bonds. The van der Waals surface area contributed by atoms with Gasteiger partial charge in [-0.1, -0.05) is 29.4 Å². The molecule has 0 saturated carbocycles. The van der Waals surface area contributed by atoms with Crippen LogP contribution in [-0.2, 0) is 22.4 Å². The quantitative estimate of drug-likeness (QED) is 0.361. The topological polar surface area (TPSA) is 60.8 Å². The highest BCUT2D eigenvalue weighted by atomic mass is 32.1.